The Hall–Kier alpha value is -3.75. The molecule has 0 saturated carbocycles. The second-order valence-corrected chi connectivity index (χ2v) is 12.1. The first-order chi connectivity index (χ1) is 22.0. The largest absolute Gasteiger partial charge is 0.462 e. The Kier molecular flexibility index (Phi) is 11.4. The van der Waals surface area contributed by atoms with E-state index in [1.807, 2.05) is 11.9 Å². The maximum Gasteiger partial charge on any atom is 0.418 e. The average molecular weight is 710 g/mol. The lowest BCUT2D eigenvalue weighted by molar-refractivity contribution is -0.137. The minimum Gasteiger partial charge on any atom is -0.462 e. The van der Waals surface area contributed by atoms with Crippen LogP contribution in [0, 0.1) is 13.5 Å². The second-order valence-electron chi connectivity index (χ2n) is 12.1. The Morgan fingerprint density at radius 2 is 1.94 bits per heavy atom. The van der Waals surface area contributed by atoms with Crippen LogP contribution in [0.4, 0.5) is 29.1 Å². The van der Waals surface area contributed by atoms with Gasteiger partial charge in [-0.15, -0.1) is 0 Å². The third-order valence-corrected chi connectivity index (χ3v) is 9.19. The highest BCUT2D eigenvalue weighted by atomic mass is 32.1. The van der Waals surface area contributed by atoms with Gasteiger partial charge in [0.15, 0.2) is 5.83 Å². The zero-order chi connectivity index (χ0) is 32.7. The minimum atomic E-state index is -4.59. The van der Waals surface area contributed by atoms with Gasteiger partial charge >= 0.3 is 12.2 Å². The molecule has 260 valence electrons. The van der Waals surface area contributed by atoms with Gasteiger partial charge in [0.05, 0.1) is 35.2 Å². The molecule has 2 atom stereocenters. The van der Waals surface area contributed by atoms with Gasteiger partial charge in [0.2, 0.25) is 6.54 Å². The van der Waals surface area contributed by atoms with Crippen LogP contribution < -0.4 is 14.5 Å². The molecule has 6 rings (SSSR count). The summed E-state index contributed by atoms with van der Waals surface area (Å²) in [6.07, 6.45) is -0.826. The number of anilines is 2. The van der Waals surface area contributed by atoms with Crippen molar-refractivity contribution in [2.45, 2.75) is 51.0 Å². The quantitative estimate of drug-likeness (QED) is 0.220. The lowest BCUT2D eigenvalue weighted by Crippen LogP contribution is -2.57. The number of likely N-dealkylation sites (tertiary alicyclic amines) is 1. The van der Waals surface area contributed by atoms with Crippen LogP contribution >= 0.6 is 27.0 Å². The van der Waals surface area contributed by atoms with Gasteiger partial charge in [0, 0.05) is 43.2 Å². The molecule has 11 nitrogen and oxygen atoms in total. The Balaban J connectivity index is 0.00000260. The number of fused-ring (bicyclic) bond motifs is 2. The molecule has 5 heterocycles. The Labute approximate surface area is 290 Å². The summed E-state index contributed by atoms with van der Waals surface area (Å²) in [6, 6.07) is 1.15. The standard InChI is InChI=1S/C31H35F4N9O2.2H2S/c1-18-12-24-23(14-37-40-24)27(26(18)31(33,34)35)42-9-7-22-25(16-42)38-30(46-17-20-6-5-8-41(20)4)39-28(22)43-10-11-44(29(45)19(2)32)21(15-43)13-36-3;;/h12,14,20-21H,2,5-11,13,15-17H2,1,4H3,(H,37,40);2*1H2/t20-,21-;;/m0../s1. The third kappa shape index (κ3) is 7.15. The molecule has 48 heavy (non-hydrogen) atoms. The highest BCUT2D eigenvalue weighted by Crippen LogP contribution is 2.44. The number of hydrogen-bond acceptors (Lipinski definition) is 8. The SMILES string of the molecule is S.S.[C-]#[N+]C[C@H]1CN(c2nc(OC[C@@H]3CCCN3C)nc3c2CCN(c2c(C(F)(F)F)c(C)cc4[nH]ncc24)C3)CCN1C(=O)C(=C)F. The molecule has 2 fully saturated rings. The lowest BCUT2D eigenvalue weighted by atomic mass is 9.98. The first-order valence-corrected chi connectivity index (χ1v) is 15.2. The van der Waals surface area contributed by atoms with Crippen molar-refractivity contribution in [1.82, 2.24) is 30.0 Å². The van der Waals surface area contributed by atoms with Crippen molar-refractivity contribution < 1.29 is 27.1 Å². The van der Waals surface area contributed by atoms with E-state index in [1.54, 1.807) is 4.90 Å². The van der Waals surface area contributed by atoms with Crippen molar-refractivity contribution in [3.63, 3.8) is 0 Å². The highest BCUT2D eigenvalue weighted by molar-refractivity contribution is 7.59. The number of H-pyrrole nitrogens is 1. The molecule has 0 radical (unpaired) electrons. The van der Waals surface area contributed by atoms with Crippen molar-refractivity contribution in [2.24, 2.45) is 0 Å². The molecule has 0 bridgehead atoms. The summed E-state index contributed by atoms with van der Waals surface area (Å²) in [4.78, 5) is 32.7. The highest BCUT2D eigenvalue weighted by Gasteiger charge is 2.40. The van der Waals surface area contributed by atoms with Crippen LogP contribution in [0.15, 0.2) is 24.7 Å². The van der Waals surface area contributed by atoms with E-state index >= 15 is 0 Å². The molecule has 1 aromatic carbocycles. The van der Waals surface area contributed by atoms with Crippen LogP contribution in [0.3, 0.4) is 0 Å². The van der Waals surface area contributed by atoms with E-state index in [0.717, 1.165) is 24.9 Å². The van der Waals surface area contributed by atoms with E-state index < -0.39 is 29.5 Å². The van der Waals surface area contributed by atoms with Crippen LogP contribution in [-0.4, -0.2) is 101 Å². The fourth-order valence-corrected chi connectivity index (χ4v) is 6.89. The molecule has 2 saturated heterocycles. The summed E-state index contributed by atoms with van der Waals surface area (Å²) in [5.41, 5.74) is 1.24. The number of halogens is 4. The van der Waals surface area contributed by atoms with Crippen LogP contribution in [0.1, 0.15) is 35.2 Å². The zero-order valence-electron chi connectivity index (χ0n) is 26.7. The number of nitrogens with one attached hydrogen (secondary N) is 1. The number of aryl methyl sites for hydroxylation is 1. The van der Waals surface area contributed by atoms with Gasteiger partial charge in [-0.3, -0.25) is 9.89 Å². The Morgan fingerprint density at radius 3 is 2.60 bits per heavy atom. The number of rotatable bonds is 7. The molecule has 1 N–H and O–H groups in total. The van der Waals surface area contributed by atoms with Gasteiger partial charge in [0.25, 0.3) is 5.91 Å². The molecular weight excluding hydrogens is 671 g/mol. The summed E-state index contributed by atoms with van der Waals surface area (Å²) in [6.45, 7) is 14.3. The number of aromatic nitrogens is 4. The van der Waals surface area contributed by atoms with Crippen LogP contribution in [0.2, 0.25) is 0 Å². The molecule has 3 aromatic rings. The number of piperazine rings is 1. The third-order valence-electron chi connectivity index (χ3n) is 9.19. The van der Waals surface area contributed by atoms with E-state index in [1.165, 1.54) is 24.1 Å². The van der Waals surface area contributed by atoms with Crippen LogP contribution in [-0.2, 0) is 23.9 Å². The molecule has 2 aromatic heterocycles. The van der Waals surface area contributed by atoms with Gasteiger partial charge in [0.1, 0.15) is 18.5 Å². The topological polar surface area (TPSA) is 98.1 Å². The second kappa shape index (κ2) is 14.8. The number of benzene rings is 1. The summed E-state index contributed by atoms with van der Waals surface area (Å²) in [5.74, 6) is -1.38. The van der Waals surface area contributed by atoms with Crippen LogP contribution in [0.5, 0.6) is 6.01 Å². The molecule has 3 aliphatic rings. The number of carbonyl (C=O) groups excluding carboxylic acids is 1. The summed E-state index contributed by atoms with van der Waals surface area (Å²) in [7, 11) is 2.03. The number of hydrogen-bond donors (Lipinski definition) is 1. The number of alkyl halides is 3. The maximum atomic E-state index is 14.5. The Morgan fingerprint density at radius 1 is 1.17 bits per heavy atom. The number of aromatic amines is 1. The molecule has 17 heteroatoms. The monoisotopic (exact) mass is 709 g/mol. The fourth-order valence-electron chi connectivity index (χ4n) is 6.89. The molecule has 0 aliphatic carbocycles. The normalized spacial score (nSPS) is 19.7. The van der Waals surface area contributed by atoms with E-state index in [2.05, 4.69) is 26.5 Å². The van der Waals surface area contributed by atoms with E-state index in [9.17, 15) is 22.4 Å². The summed E-state index contributed by atoms with van der Waals surface area (Å²) < 4.78 is 63.4. The zero-order valence-corrected chi connectivity index (χ0v) is 28.7. The van der Waals surface area contributed by atoms with Crippen molar-refractivity contribution in [3.8, 4) is 6.01 Å². The summed E-state index contributed by atoms with van der Waals surface area (Å²) in [5, 5.41) is 7.19. The van der Waals surface area contributed by atoms with Gasteiger partial charge in [-0.1, -0.05) is 6.58 Å². The molecule has 0 spiro atoms. The van der Waals surface area contributed by atoms with E-state index in [4.69, 9.17) is 21.3 Å². The molecule has 3 aliphatic heterocycles. The Bertz CT molecular complexity index is 1710. The molecular formula is C31H39F4N9O2S2. The van der Waals surface area contributed by atoms with E-state index in [-0.39, 0.29) is 83.0 Å². The van der Waals surface area contributed by atoms with Crippen molar-refractivity contribution in [3.05, 3.63) is 58.5 Å². The first-order valence-electron chi connectivity index (χ1n) is 15.2. The van der Waals surface area contributed by atoms with Gasteiger partial charge in [-0.05, 0) is 51.4 Å². The van der Waals surface area contributed by atoms with Crippen LogP contribution in [0.25, 0.3) is 15.7 Å². The fraction of sp³-hybridized carbons (Fsp3) is 0.516. The van der Waals surface area contributed by atoms with E-state index in [0.29, 0.717) is 42.0 Å². The number of ether oxygens (including phenoxy) is 1. The predicted octanol–water partition coefficient (Wildman–Crippen LogP) is 4.36. The van der Waals surface area contributed by atoms with Gasteiger partial charge < -0.3 is 29.2 Å². The first kappa shape index (κ1) is 37.1. The van der Waals surface area contributed by atoms with Crippen molar-refractivity contribution >= 4 is 55.3 Å². The van der Waals surface area contributed by atoms with Crippen molar-refractivity contribution in [1.29, 1.82) is 0 Å². The minimum absolute atomic E-state index is 0. The van der Waals surface area contributed by atoms with Gasteiger partial charge in [-0.2, -0.15) is 55.2 Å². The predicted molar refractivity (Wildman–Crippen MR) is 184 cm³/mol. The van der Waals surface area contributed by atoms with Gasteiger partial charge in [-0.25, -0.2) is 11.0 Å². The number of carbonyl (C=O) groups is 1. The van der Waals surface area contributed by atoms with Crippen molar-refractivity contribution in [2.75, 3.05) is 62.7 Å². The number of nitrogens with zero attached hydrogens (tertiary/aromatic N) is 8. The average Bonchev–Trinajstić information content (AvgIpc) is 3.66. The number of likely N-dealkylation sites (N-methyl/N-ethyl adjacent to an activating group) is 1. The summed E-state index contributed by atoms with van der Waals surface area (Å²) >= 11 is 0. The lowest BCUT2D eigenvalue weighted by Gasteiger charge is -2.41. The smallest absolute Gasteiger partial charge is 0.418 e. The molecule has 0 unspecified atom stereocenters. The molecule has 1 amide bonds. The maximum absolute atomic E-state index is 14.5. The number of amides is 1.